The van der Waals surface area contributed by atoms with Gasteiger partial charge in [-0.05, 0) is 48.5 Å². The van der Waals surface area contributed by atoms with Gasteiger partial charge in [0.05, 0.1) is 34.2 Å². The molecule has 0 radical (unpaired) electrons. The molecular formula is C23H20N4O3S. The Bertz CT molecular complexity index is 1300. The first-order valence-electron chi connectivity index (χ1n) is 9.42. The van der Waals surface area contributed by atoms with Crippen molar-refractivity contribution in [3.63, 3.8) is 0 Å². The maximum absolute atomic E-state index is 13.1. The lowest BCUT2D eigenvalue weighted by atomic mass is 10.2. The van der Waals surface area contributed by atoms with Crippen LogP contribution in [-0.2, 0) is 15.6 Å². The quantitative estimate of drug-likeness (QED) is 0.371. The van der Waals surface area contributed by atoms with Gasteiger partial charge in [0, 0.05) is 16.5 Å². The molecule has 1 unspecified atom stereocenters. The van der Waals surface area contributed by atoms with Crippen LogP contribution in [0.25, 0.3) is 11.0 Å². The van der Waals surface area contributed by atoms with Gasteiger partial charge in [-0.25, -0.2) is 9.19 Å². The maximum Gasteiger partial charge on any atom is 0.247 e. The summed E-state index contributed by atoms with van der Waals surface area (Å²) < 4.78 is 18.3. The van der Waals surface area contributed by atoms with Gasteiger partial charge >= 0.3 is 0 Å². The Morgan fingerprint density at radius 3 is 2.71 bits per heavy atom. The molecule has 8 heteroatoms. The minimum atomic E-state index is -1.39. The predicted octanol–water partition coefficient (Wildman–Crippen LogP) is 4.61. The second kappa shape index (κ2) is 8.85. The van der Waals surface area contributed by atoms with Crippen molar-refractivity contribution in [1.29, 1.82) is 0 Å². The first kappa shape index (κ1) is 20.4. The third-order valence-electron chi connectivity index (χ3n) is 4.59. The highest BCUT2D eigenvalue weighted by Crippen LogP contribution is 2.29. The Kier molecular flexibility index (Phi) is 5.81. The lowest BCUT2D eigenvalue weighted by Gasteiger charge is -2.11. The summed E-state index contributed by atoms with van der Waals surface area (Å²) in [5.74, 6) is 0.928. The fourth-order valence-corrected chi connectivity index (χ4v) is 4.28. The lowest BCUT2D eigenvalue weighted by Crippen LogP contribution is -2.09. The van der Waals surface area contributed by atoms with E-state index in [2.05, 4.69) is 27.2 Å². The van der Waals surface area contributed by atoms with Gasteiger partial charge in [0.25, 0.3) is 0 Å². The summed E-state index contributed by atoms with van der Waals surface area (Å²) in [6.45, 7) is 3.47. The number of pyridine rings is 1. The van der Waals surface area contributed by atoms with Crippen molar-refractivity contribution in [2.45, 2.75) is 9.79 Å². The van der Waals surface area contributed by atoms with E-state index in [1.54, 1.807) is 37.6 Å². The van der Waals surface area contributed by atoms with E-state index in [1.807, 2.05) is 36.4 Å². The number of nitrogens with one attached hydrogen (secondary N) is 3. The number of carbonyl (C=O) groups is 1. The van der Waals surface area contributed by atoms with Crippen LogP contribution in [0.1, 0.15) is 0 Å². The van der Waals surface area contributed by atoms with Crippen LogP contribution in [0.4, 0.5) is 17.2 Å². The Balaban J connectivity index is 1.62. The molecule has 7 nitrogen and oxygen atoms in total. The first-order valence-corrected chi connectivity index (χ1v) is 10.6. The Morgan fingerprint density at radius 1 is 1.13 bits per heavy atom. The second-order valence-electron chi connectivity index (χ2n) is 6.56. The monoisotopic (exact) mass is 432 g/mol. The van der Waals surface area contributed by atoms with E-state index in [0.29, 0.717) is 38.4 Å². The van der Waals surface area contributed by atoms with E-state index in [-0.39, 0.29) is 5.91 Å². The molecule has 1 amide bonds. The van der Waals surface area contributed by atoms with E-state index >= 15 is 0 Å². The number of aromatic nitrogens is 2. The van der Waals surface area contributed by atoms with E-state index in [4.69, 9.17) is 4.74 Å². The fourth-order valence-electron chi connectivity index (χ4n) is 3.07. The molecule has 4 aromatic rings. The van der Waals surface area contributed by atoms with Crippen LogP contribution in [0.15, 0.2) is 89.3 Å². The van der Waals surface area contributed by atoms with Crippen molar-refractivity contribution in [2.75, 3.05) is 17.7 Å². The van der Waals surface area contributed by atoms with Gasteiger partial charge in [0.15, 0.2) is 0 Å². The fraction of sp³-hybridized carbons (Fsp3) is 0.0435. The van der Waals surface area contributed by atoms with E-state index in [9.17, 15) is 9.00 Å². The molecule has 2 heterocycles. The van der Waals surface area contributed by atoms with Crippen LogP contribution in [0.2, 0.25) is 0 Å². The van der Waals surface area contributed by atoms with Crippen LogP contribution < -0.4 is 15.4 Å². The summed E-state index contributed by atoms with van der Waals surface area (Å²) in [7, 11) is 0.190. The minimum Gasteiger partial charge on any atom is -0.497 e. The molecule has 0 spiro atoms. The van der Waals surface area contributed by atoms with Gasteiger partial charge in [-0.3, -0.25) is 4.79 Å². The van der Waals surface area contributed by atoms with E-state index < -0.39 is 10.8 Å². The molecule has 0 aliphatic rings. The average Bonchev–Trinajstić information content (AvgIpc) is 3.23. The summed E-state index contributed by atoms with van der Waals surface area (Å²) in [6, 6.07) is 18.1. The van der Waals surface area contributed by atoms with Gasteiger partial charge in [-0.15, -0.1) is 0 Å². The van der Waals surface area contributed by atoms with Gasteiger partial charge in [-0.2, -0.15) is 0 Å². The number of para-hydroxylation sites is 2. The van der Waals surface area contributed by atoms with Crippen LogP contribution >= 0.6 is 0 Å². The number of rotatable bonds is 7. The summed E-state index contributed by atoms with van der Waals surface area (Å²) in [5.41, 5.74) is 1.90. The molecule has 2 aromatic carbocycles. The number of H-pyrrole nitrogens is 1. The molecular weight excluding hydrogens is 412 g/mol. The molecule has 0 aliphatic heterocycles. The molecule has 0 saturated carbocycles. The minimum absolute atomic E-state index is 0.299. The van der Waals surface area contributed by atoms with Gasteiger partial charge in [-0.1, -0.05) is 24.8 Å². The van der Waals surface area contributed by atoms with Crippen LogP contribution in [0.5, 0.6) is 5.75 Å². The van der Waals surface area contributed by atoms with Crippen LogP contribution in [0, 0.1) is 0 Å². The first-order chi connectivity index (χ1) is 15.1. The number of hydrogen-bond donors (Lipinski definition) is 3. The third kappa shape index (κ3) is 4.34. The van der Waals surface area contributed by atoms with Gasteiger partial charge in [0.2, 0.25) is 5.91 Å². The summed E-state index contributed by atoms with van der Waals surface area (Å²) in [5, 5.41) is 6.73. The maximum atomic E-state index is 13.1. The van der Waals surface area contributed by atoms with Crippen molar-refractivity contribution >= 4 is 44.9 Å². The second-order valence-corrected chi connectivity index (χ2v) is 8.01. The smallest absolute Gasteiger partial charge is 0.247 e. The Hall–Kier alpha value is -3.91. The molecule has 0 aliphatic carbocycles. The number of hydrogen-bond acceptors (Lipinski definition) is 5. The number of nitrogens with zero attached hydrogens (tertiary/aromatic N) is 1. The summed E-state index contributed by atoms with van der Waals surface area (Å²) in [6.07, 6.45) is 2.92. The van der Waals surface area contributed by atoms with Gasteiger partial charge in [0.1, 0.15) is 17.2 Å². The molecule has 156 valence electrons. The van der Waals surface area contributed by atoms with Crippen molar-refractivity contribution in [1.82, 2.24) is 9.97 Å². The van der Waals surface area contributed by atoms with Crippen LogP contribution in [0.3, 0.4) is 0 Å². The standard InChI is InChI=1S/C23H20N4O3S/c1-3-22(28)26-19-10-5-4-9-18(19)25-21-12-11-17-20(14-24-23(17)27-21)31(29)16-8-6-7-15(13-16)30-2/h3-14H,1H2,2H3,(H,26,28)(H2,24,25,27). The molecule has 31 heavy (non-hydrogen) atoms. The molecule has 0 saturated heterocycles. The third-order valence-corrected chi connectivity index (χ3v) is 6.01. The molecule has 0 fully saturated rings. The van der Waals surface area contributed by atoms with Crippen molar-refractivity contribution in [2.24, 2.45) is 0 Å². The number of benzene rings is 2. The zero-order valence-electron chi connectivity index (χ0n) is 16.7. The number of amides is 1. The van der Waals surface area contributed by atoms with Crippen molar-refractivity contribution < 1.29 is 13.7 Å². The molecule has 4 rings (SSSR count). The number of anilines is 3. The Labute approximate surface area is 181 Å². The largest absolute Gasteiger partial charge is 0.497 e. The van der Waals surface area contributed by atoms with E-state index in [1.165, 1.54) is 6.08 Å². The normalized spacial score (nSPS) is 11.6. The van der Waals surface area contributed by atoms with Crippen LogP contribution in [-0.4, -0.2) is 27.2 Å². The average molecular weight is 433 g/mol. The zero-order valence-corrected chi connectivity index (χ0v) is 17.5. The summed E-state index contributed by atoms with van der Waals surface area (Å²) in [4.78, 5) is 20.6. The Morgan fingerprint density at radius 2 is 1.94 bits per heavy atom. The highest BCUT2D eigenvalue weighted by Gasteiger charge is 2.15. The number of fused-ring (bicyclic) bond motifs is 1. The predicted molar refractivity (Wildman–Crippen MR) is 122 cm³/mol. The summed E-state index contributed by atoms with van der Waals surface area (Å²) >= 11 is 0. The molecule has 1 atom stereocenters. The highest BCUT2D eigenvalue weighted by atomic mass is 32.2. The molecule has 2 aromatic heterocycles. The van der Waals surface area contributed by atoms with E-state index in [0.717, 1.165) is 5.39 Å². The number of ether oxygens (including phenoxy) is 1. The highest BCUT2D eigenvalue weighted by molar-refractivity contribution is 7.85. The molecule has 3 N–H and O–H groups in total. The lowest BCUT2D eigenvalue weighted by molar-refractivity contribution is -0.111. The number of aromatic amines is 1. The molecule has 0 bridgehead atoms. The number of carbonyl (C=O) groups excluding carboxylic acids is 1. The van der Waals surface area contributed by atoms with Gasteiger partial charge < -0.3 is 20.4 Å². The number of methoxy groups -OCH3 is 1. The zero-order chi connectivity index (χ0) is 21.8. The topological polar surface area (TPSA) is 96.1 Å². The van der Waals surface area contributed by atoms with Crippen molar-refractivity contribution in [3.05, 3.63) is 79.5 Å². The SMILES string of the molecule is C=CC(=O)Nc1ccccc1Nc1ccc2c(S(=O)c3cccc(OC)c3)c[nH]c2n1. The van der Waals surface area contributed by atoms with Crippen molar-refractivity contribution in [3.8, 4) is 5.75 Å².